The van der Waals surface area contributed by atoms with Crippen LogP contribution in [0.3, 0.4) is 0 Å². The Morgan fingerprint density at radius 1 is 0.372 bits per heavy atom. The monoisotopic (exact) mass is 1950 g/mol. The Morgan fingerprint density at radius 2 is 0.682 bits per heavy atom. The Balaban J connectivity index is 0.000000158. The second-order valence-corrected chi connectivity index (χ2v) is 31.0. The molecule has 39 heteroatoms. The van der Waals surface area contributed by atoms with Crippen LogP contribution in [0.5, 0.6) is 40.2 Å². The summed E-state index contributed by atoms with van der Waals surface area (Å²) in [6.45, 7) is 10.8. The Bertz CT molecular complexity index is 4900. The smallest absolute Gasteiger partial charge is 0.327 e. The average Bonchev–Trinajstić information content (AvgIpc) is 1.70. The molecule has 16 rings (SSSR count). The van der Waals surface area contributed by atoms with E-state index in [1.807, 2.05) is 170 Å². The van der Waals surface area contributed by atoms with Gasteiger partial charge in [0.1, 0.15) is 60.4 Å². The first-order valence-corrected chi connectivity index (χ1v) is 43.4. The number of ether oxygens (including phenoxy) is 7. The maximum Gasteiger partial charge on any atom is 0.327 e. The van der Waals surface area contributed by atoms with Crippen LogP contribution >= 0.6 is 66.7 Å². The molecule has 0 atom stereocenters. The SMILES string of the molecule is COc1ccc(CN)cc1.COc1ccc(CN2CCN(c3ccnc(Cl)n3)C2=O)cc1.COc1ccc(CN2CCN(c3nccc(Br)n3)C2=O)cc1.COc1ccc(CN2CCN(c3nccc(Br)n3)C2=O)cc1.COc1ccc(CN2CCN(c3nccc(Cl)n3)C2=O)cc1.COc1ccc(CN2CCNC2=O)cc1.COc1ccc(CNC(=O)NCCCl)cc1. The largest absolute Gasteiger partial charge is 0.497 e. The number of methoxy groups -OCH3 is 7. The van der Waals surface area contributed by atoms with Crippen molar-refractivity contribution < 1.29 is 61.9 Å². The van der Waals surface area contributed by atoms with Gasteiger partial charge in [0.15, 0.2) is 0 Å². The fraction of sp³-hybridized carbons (Fsp3) is 0.289. The first kappa shape index (κ1) is 98.1. The number of alkyl halides is 1. The lowest BCUT2D eigenvalue weighted by Gasteiger charge is -2.18. The molecular weight excluding hydrogens is 1850 g/mol. The van der Waals surface area contributed by atoms with Gasteiger partial charge in [-0.25, -0.2) is 68.6 Å². The lowest BCUT2D eigenvalue weighted by molar-refractivity contribution is 0.215. The van der Waals surface area contributed by atoms with Crippen molar-refractivity contribution in [3.63, 3.8) is 0 Å². The highest BCUT2D eigenvalue weighted by Crippen LogP contribution is 2.28. The topological polar surface area (TPSA) is 361 Å². The third-order valence-electron chi connectivity index (χ3n) is 19.8. The van der Waals surface area contributed by atoms with Crippen LogP contribution in [0.15, 0.2) is 228 Å². The summed E-state index contributed by atoms with van der Waals surface area (Å²) in [5.41, 5.74) is 12.9. The number of hydrogen-bond donors (Lipinski definition) is 4. The summed E-state index contributed by atoms with van der Waals surface area (Å²) >= 11 is 23.7. The fourth-order valence-corrected chi connectivity index (χ4v) is 13.8. The number of nitrogens with one attached hydrogen (secondary N) is 3. The van der Waals surface area contributed by atoms with E-state index in [2.05, 4.69) is 87.7 Å². The minimum absolute atomic E-state index is 0.0193. The van der Waals surface area contributed by atoms with Crippen molar-refractivity contribution in [1.29, 1.82) is 0 Å². The van der Waals surface area contributed by atoms with Crippen molar-refractivity contribution in [3.8, 4) is 40.2 Å². The maximum atomic E-state index is 12.5. The number of benzene rings is 7. The van der Waals surface area contributed by atoms with E-state index in [0.29, 0.717) is 149 Å². The number of urea groups is 6. The summed E-state index contributed by atoms with van der Waals surface area (Å²) in [5.74, 6) is 7.86. The molecule has 34 nitrogen and oxygen atoms in total. The van der Waals surface area contributed by atoms with E-state index in [1.165, 1.54) is 4.90 Å². The Hall–Kier alpha value is -13.1. The summed E-state index contributed by atoms with van der Waals surface area (Å²) in [5, 5.41) is 8.58. The van der Waals surface area contributed by atoms with Crippen LogP contribution in [-0.2, 0) is 45.8 Å². The molecule has 0 bridgehead atoms. The summed E-state index contributed by atoms with van der Waals surface area (Å²) < 4.78 is 36.9. The van der Waals surface area contributed by atoms with Gasteiger partial charge in [-0.3, -0.25) is 19.6 Å². The third kappa shape index (κ3) is 30.3. The predicted molar refractivity (Wildman–Crippen MR) is 500 cm³/mol. The zero-order chi connectivity index (χ0) is 92.0. The van der Waals surface area contributed by atoms with Crippen LogP contribution < -0.4 is 74.4 Å². The van der Waals surface area contributed by atoms with Crippen LogP contribution in [0.4, 0.5) is 52.4 Å². The molecule has 678 valence electrons. The van der Waals surface area contributed by atoms with Crippen molar-refractivity contribution in [1.82, 2.24) is 80.3 Å². The molecule has 0 unspecified atom stereocenters. The lowest BCUT2D eigenvalue weighted by atomic mass is 10.2. The molecule has 5 aliphatic heterocycles. The number of halogens is 5. The quantitative estimate of drug-likeness (QED) is 0.0222. The molecule has 12 amide bonds. The first-order chi connectivity index (χ1) is 62.6. The number of hydrogen-bond acceptors (Lipinski definition) is 22. The molecule has 4 aromatic heterocycles. The Labute approximate surface area is 780 Å². The second kappa shape index (κ2) is 51.0. The van der Waals surface area contributed by atoms with Crippen molar-refractivity contribution in [2.45, 2.75) is 45.8 Å². The second-order valence-electron chi connectivity index (χ2n) is 28.2. The van der Waals surface area contributed by atoms with E-state index in [-0.39, 0.29) is 41.5 Å². The van der Waals surface area contributed by atoms with Gasteiger partial charge in [-0.2, -0.15) is 0 Å². The molecular formula is C90H100Br2Cl3N21O13. The van der Waals surface area contributed by atoms with E-state index in [4.69, 9.17) is 73.7 Å². The Morgan fingerprint density at radius 3 is 0.992 bits per heavy atom. The molecule has 5 saturated heterocycles. The fourth-order valence-electron chi connectivity index (χ4n) is 12.9. The van der Waals surface area contributed by atoms with Gasteiger partial charge in [0, 0.05) is 148 Å². The zero-order valence-corrected chi connectivity index (χ0v) is 77.5. The van der Waals surface area contributed by atoms with E-state index < -0.39 is 0 Å². The molecule has 5 aliphatic rings. The van der Waals surface area contributed by atoms with E-state index in [1.54, 1.807) is 138 Å². The van der Waals surface area contributed by atoms with Gasteiger partial charge in [-0.15, -0.1) is 11.6 Å². The van der Waals surface area contributed by atoms with Gasteiger partial charge in [-0.05, 0) is 192 Å². The molecule has 0 radical (unpaired) electrons. The molecule has 0 spiro atoms. The van der Waals surface area contributed by atoms with Crippen LogP contribution in [0.25, 0.3) is 0 Å². The summed E-state index contributed by atoms with van der Waals surface area (Å²) in [4.78, 5) is 120. The lowest BCUT2D eigenvalue weighted by Crippen LogP contribution is -2.36. The van der Waals surface area contributed by atoms with Crippen LogP contribution in [0, 0.1) is 0 Å². The van der Waals surface area contributed by atoms with Crippen molar-refractivity contribution >= 4 is 127 Å². The number of nitrogens with zero attached hydrogens (tertiary/aromatic N) is 17. The highest BCUT2D eigenvalue weighted by molar-refractivity contribution is 9.10. The summed E-state index contributed by atoms with van der Waals surface area (Å²) in [7, 11) is 11.4. The number of carbonyl (C=O) groups is 6. The molecule has 129 heavy (non-hydrogen) atoms. The number of nitrogens with two attached hydrogens (primary N) is 1. The maximum absolute atomic E-state index is 12.5. The van der Waals surface area contributed by atoms with Gasteiger partial charge in [0.2, 0.25) is 23.1 Å². The zero-order valence-electron chi connectivity index (χ0n) is 72.1. The standard InChI is InChI=1S/2C15H15BrN4O2.2C15H15ClN4O2.C11H15ClN2O2.C11H14N2O2.C8H11NO/c2*1-22-12-4-2-11(3-5-12)10-19-8-9-20(15(19)21)14-17-7-6-13(16)18-14;1-22-12-4-2-11(3-5-12)10-19-8-9-20(15(19)21)13-6-7-17-14(16)18-13;1-22-12-4-2-11(3-5-12)10-19-8-9-20(15(19)21)14-17-7-6-13(16)18-14;1-16-10-4-2-9(3-5-10)8-14-11(15)13-7-6-12;1-15-10-4-2-9(3-5-10)8-13-7-6-12-11(13)14;1-10-8-4-2-7(6-9)3-5-8/h4*2-7H,8-10H2,1H3;2-5H,6-8H2,1H3,(H2,13,14,15);2-5H,6-8H2,1H3,(H,12,14);2-5H,6,9H2,1H3. The minimum Gasteiger partial charge on any atom is -0.497 e. The van der Waals surface area contributed by atoms with E-state index in [0.717, 1.165) is 92.3 Å². The number of aromatic nitrogens is 8. The average molecular weight is 1950 g/mol. The number of amides is 12. The third-order valence-corrected chi connectivity index (χ3v) is 21.3. The Kier molecular flexibility index (Phi) is 38.8. The highest BCUT2D eigenvalue weighted by atomic mass is 79.9. The van der Waals surface area contributed by atoms with Crippen LogP contribution in [0.2, 0.25) is 10.4 Å². The van der Waals surface area contributed by atoms with Crippen molar-refractivity contribution in [3.05, 3.63) is 277 Å². The molecule has 0 saturated carbocycles. The number of anilines is 4. The summed E-state index contributed by atoms with van der Waals surface area (Å²) in [6, 6.07) is 60.0. The van der Waals surface area contributed by atoms with Gasteiger partial charge >= 0.3 is 36.2 Å². The van der Waals surface area contributed by atoms with E-state index >= 15 is 0 Å². The molecule has 9 heterocycles. The molecule has 5 fully saturated rings. The predicted octanol–water partition coefficient (Wildman–Crippen LogP) is 14.6. The molecule has 11 aromatic rings. The van der Waals surface area contributed by atoms with Crippen LogP contribution in [-0.4, -0.2) is 228 Å². The van der Waals surface area contributed by atoms with E-state index in [9.17, 15) is 28.8 Å². The van der Waals surface area contributed by atoms with Gasteiger partial charge in [0.25, 0.3) is 0 Å². The number of rotatable bonds is 26. The molecule has 5 N–H and O–H groups in total. The highest BCUT2D eigenvalue weighted by Gasteiger charge is 2.35. The normalized spacial score (nSPS) is 13.6. The van der Waals surface area contributed by atoms with Gasteiger partial charge in [-0.1, -0.05) is 96.5 Å². The first-order valence-electron chi connectivity index (χ1n) is 40.5. The number of carbonyl (C=O) groups excluding carboxylic acids is 6. The van der Waals surface area contributed by atoms with Gasteiger partial charge < -0.3 is 79.3 Å². The van der Waals surface area contributed by atoms with Crippen molar-refractivity contribution in [2.75, 3.05) is 147 Å². The van der Waals surface area contributed by atoms with Crippen molar-refractivity contribution in [2.24, 2.45) is 5.73 Å². The minimum atomic E-state index is -0.212. The van der Waals surface area contributed by atoms with Gasteiger partial charge in [0.05, 0.1) is 49.8 Å². The molecule has 0 aliphatic carbocycles. The molecule has 7 aromatic carbocycles. The summed E-state index contributed by atoms with van der Waals surface area (Å²) in [6.07, 6.45) is 6.35. The van der Waals surface area contributed by atoms with Crippen LogP contribution in [0.1, 0.15) is 38.9 Å².